The molecule has 0 aliphatic carbocycles. The van der Waals surface area contributed by atoms with Gasteiger partial charge in [0.05, 0.1) is 0 Å². The van der Waals surface area contributed by atoms with Crippen molar-refractivity contribution in [2.45, 2.75) is 51.1 Å². The summed E-state index contributed by atoms with van der Waals surface area (Å²) in [4.78, 5) is 35.5. The number of carbonyl (C=O) groups excluding carboxylic acids is 2. The van der Waals surface area contributed by atoms with Crippen LogP contribution in [0, 0.1) is 5.82 Å². The summed E-state index contributed by atoms with van der Waals surface area (Å²) in [5.41, 5.74) is 1.99. The molecule has 3 heterocycles. The van der Waals surface area contributed by atoms with Crippen LogP contribution in [-0.2, 0) is 11.3 Å². The summed E-state index contributed by atoms with van der Waals surface area (Å²) in [5.74, 6) is 0.432. The molecule has 0 radical (unpaired) electrons. The van der Waals surface area contributed by atoms with E-state index in [2.05, 4.69) is 20.1 Å². The number of urea groups is 1. The predicted molar refractivity (Wildman–Crippen MR) is 135 cm³/mol. The molecule has 3 amide bonds. The molecule has 184 valence electrons. The number of amides is 3. The zero-order chi connectivity index (χ0) is 24.4. The number of hydrogen-bond donors (Lipinski definition) is 1. The van der Waals surface area contributed by atoms with E-state index in [1.165, 1.54) is 31.0 Å². The van der Waals surface area contributed by atoms with Crippen LogP contribution in [0.25, 0.3) is 0 Å². The minimum absolute atomic E-state index is 0.0841. The molecule has 0 aromatic heterocycles. The summed E-state index contributed by atoms with van der Waals surface area (Å²) in [7, 11) is 0. The number of nitrogens with one attached hydrogen (secondary N) is 1. The number of likely N-dealkylation sites (tertiary alicyclic amines) is 2. The van der Waals surface area contributed by atoms with E-state index in [0.717, 1.165) is 69.9 Å². The Hall–Kier alpha value is -3.26. The highest BCUT2D eigenvalue weighted by Gasteiger charge is 2.53. The Balaban J connectivity index is 1.36. The number of halogens is 1. The van der Waals surface area contributed by atoms with Gasteiger partial charge < -0.3 is 10.2 Å². The lowest BCUT2D eigenvalue weighted by atomic mass is 9.83. The third-order valence-corrected chi connectivity index (χ3v) is 7.32. The molecule has 0 bridgehead atoms. The fraction of sp³-hybridized carbons (Fsp3) is 0.444. The number of amidine groups is 1. The third-order valence-electron chi connectivity index (χ3n) is 7.32. The van der Waals surface area contributed by atoms with E-state index in [1.807, 2.05) is 24.3 Å². The maximum Gasteiger partial charge on any atom is 0.350 e. The number of nitrogens with zero attached hydrogens (tertiary/aromatic N) is 4. The molecule has 8 heteroatoms. The maximum absolute atomic E-state index is 14.1. The summed E-state index contributed by atoms with van der Waals surface area (Å²) in [6.07, 6.45) is 4.89. The Morgan fingerprint density at radius 3 is 2.40 bits per heavy atom. The fourth-order valence-corrected chi connectivity index (χ4v) is 5.65. The van der Waals surface area contributed by atoms with Gasteiger partial charge in [0.2, 0.25) is 5.91 Å². The second-order valence-electron chi connectivity index (χ2n) is 9.77. The van der Waals surface area contributed by atoms with Crippen LogP contribution in [0.15, 0.2) is 53.5 Å². The smallest absolute Gasteiger partial charge is 0.350 e. The number of aliphatic imine (C=N–C) groups is 1. The normalized spacial score (nSPS) is 20.3. The van der Waals surface area contributed by atoms with Gasteiger partial charge in [0.25, 0.3) is 0 Å². The Morgan fingerprint density at radius 2 is 1.74 bits per heavy atom. The summed E-state index contributed by atoms with van der Waals surface area (Å²) in [6, 6.07) is 13.9. The van der Waals surface area contributed by atoms with Crippen LogP contribution < -0.4 is 10.2 Å². The van der Waals surface area contributed by atoms with E-state index in [-0.39, 0.29) is 17.8 Å². The maximum atomic E-state index is 14.1. The van der Waals surface area contributed by atoms with Crippen molar-refractivity contribution < 1.29 is 14.0 Å². The van der Waals surface area contributed by atoms with Gasteiger partial charge in [0, 0.05) is 51.0 Å². The van der Waals surface area contributed by atoms with Gasteiger partial charge in [-0.15, -0.1) is 0 Å². The molecule has 35 heavy (non-hydrogen) atoms. The number of piperidine rings is 2. The molecule has 0 atom stereocenters. The van der Waals surface area contributed by atoms with E-state index in [4.69, 9.17) is 0 Å². The first kappa shape index (κ1) is 23.5. The standard InChI is InChI=1S/C27H32FN5O2/c1-20(34)29-23-10-8-21(9-11-23)19-31-16-12-27(13-17-31)25(32-14-3-2-4-15-32)30-26(35)33(27)24-7-5-6-22(28)18-24/h5-11,18H,2-4,12-17,19H2,1H3,(H,29,34). The number of carbonyl (C=O) groups is 2. The lowest BCUT2D eigenvalue weighted by molar-refractivity contribution is -0.114. The van der Waals surface area contributed by atoms with Crippen molar-refractivity contribution in [3.63, 3.8) is 0 Å². The summed E-state index contributed by atoms with van der Waals surface area (Å²) in [5, 5.41) is 2.80. The highest BCUT2D eigenvalue weighted by atomic mass is 19.1. The van der Waals surface area contributed by atoms with Crippen molar-refractivity contribution in [2.75, 3.05) is 36.4 Å². The van der Waals surface area contributed by atoms with Crippen molar-refractivity contribution in [2.24, 2.45) is 4.99 Å². The fourth-order valence-electron chi connectivity index (χ4n) is 5.65. The van der Waals surface area contributed by atoms with Crippen LogP contribution >= 0.6 is 0 Å². The van der Waals surface area contributed by atoms with Crippen molar-refractivity contribution in [3.05, 3.63) is 59.9 Å². The first-order valence-electron chi connectivity index (χ1n) is 12.5. The minimum Gasteiger partial charge on any atom is -0.358 e. The first-order valence-corrected chi connectivity index (χ1v) is 12.5. The van der Waals surface area contributed by atoms with E-state index in [0.29, 0.717) is 5.69 Å². The van der Waals surface area contributed by atoms with Crippen LogP contribution in [0.1, 0.15) is 44.6 Å². The zero-order valence-corrected chi connectivity index (χ0v) is 20.2. The highest BCUT2D eigenvalue weighted by Crippen LogP contribution is 2.41. The first-order chi connectivity index (χ1) is 16.9. The molecule has 2 aromatic carbocycles. The van der Waals surface area contributed by atoms with Gasteiger partial charge in [0.1, 0.15) is 17.2 Å². The van der Waals surface area contributed by atoms with Crippen molar-refractivity contribution in [1.82, 2.24) is 9.80 Å². The lowest BCUT2D eigenvalue weighted by Crippen LogP contribution is -2.62. The molecule has 1 N–H and O–H groups in total. The molecule has 3 aliphatic heterocycles. The van der Waals surface area contributed by atoms with Gasteiger partial charge in [-0.2, -0.15) is 4.99 Å². The van der Waals surface area contributed by atoms with E-state index in [1.54, 1.807) is 17.0 Å². The third kappa shape index (κ3) is 4.80. The number of hydrogen-bond acceptors (Lipinski definition) is 4. The largest absolute Gasteiger partial charge is 0.358 e. The van der Waals surface area contributed by atoms with Gasteiger partial charge in [0.15, 0.2) is 0 Å². The Bertz CT molecular complexity index is 1120. The molecule has 2 saturated heterocycles. The molecule has 0 saturated carbocycles. The summed E-state index contributed by atoms with van der Waals surface area (Å²) in [6.45, 7) is 5.73. The topological polar surface area (TPSA) is 68.2 Å². The van der Waals surface area contributed by atoms with Gasteiger partial charge in [-0.05, 0) is 68.0 Å². The number of benzene rings is 2. The van der Waals surface area contributed by atoms with Crippen molar-refractivity contribution >= 4 is 29.1 Å². The van der Waals surface area contributed by atoms with Gasteiger partial charge in [-0.1, -0.05) is 18.2 Å². The quantitative estimate of drug-likeness (QED) is 0.697. The van der Waals surface area contributed by atoms with Crippen LogP contribution in [0.5, 0.6) is 0 Å². The molecule has 5 rings (SSSR count). The molecule has 0 unspecified atom stereocenters. The second-order valence-corrected chi connectivity index (χ2v) is 9.77. The minimum atomic E-state index is -0.548. The van der Waals surface area contributed by atoms with Gasteiger partial charge >= 0.3 is 6.03 Å². The molecular formula is C27H32FN5O2. The van der Waals surface area contributed by atoms with Gasteiger partial charge in [-0.25, -0.2) is 9.18 Å². The zero-order valence-electron chi connectivity index (χ0n) is 20.2. The van der Waals surface area contributed by atoms with E-state index >= 15 is 0 Å². The molecule has 7 nitrogen and oxygen atoms in total. The molecule has 2 fully saturated rings. The average molecular weight is 478 g/mol. The summed E-state index contributed by atoms with van der Waals surface area (Å²) >= 11 is 0. The van der Waals surface area contributed by atoms with Crippen LogP contribution in [0.3, 0.4) is 0 Å². The summed E-state index contributed by atoms with van der Waals surface area (Å²) < 4.78 is 14.1. The SMILES string of the molecule is CC(=O)Nc1ccc(CN2CCC3(CC2)C(N2CCCCC2)=NC(=O)N3c2cccc(F)c2)cc1. The number of anilines is 2. The van der Waals surface area contributed by atoms with E-state index in [9.17, 15) is 14.0 Å². The van der Waals surface area contributed by atoms with E-state index < -0.39 is 5.54 Å². The molecule has 1 spiro atoms. The highest BCUT2D eigenvalue weighted by molar-refractivity contribution is 6.16. The lowest BCUT2D eigenvalue weighted by Gasteiger charge is -2.47. The second kappa shape index (κ2) is 9.77. The van der Waals surface area contributed by atoms with Gasteiger partial charge in [-0.3, -0.25) is 14.6 Å². The Labute approximate surface area is 205 Å². The Morgan fingerprint density at radius 1 is 1.03 bits per heavy atom. The molecule has 3 aliphatic rings. The van der Waals surface area contributed by atoms with Crippen LogP contribution in [0.2, 0.25) is 0 Å². The Kier molecular flexibility index (Phi) is 6.56. The monoisotopic (exact) mass is 477 g/mol. The van der Waals surface area contributed by atoms with Crippen molar-refractivity contribution in [1.29, 1.82) is 0 Å². The average Bonchev–Trinajstić information content (AvgIpc) is 3.13. The molecule has 2 aromatic rings. The predicted octanol–water partition coefficient (Wildman–Crippen LogP) is 4.64. The van der Waals surface area contributed by atoms with Crippen LogP contribution in [-0.4, -0.2) is 59.3 Å². The van der Waals surface area contributed by atoms with Crippen LogP contribution in [0.4, 0.5) is 20.6 Å². The van der Waals surface area contributed by atoms with Crippen molar-refractivity contribution in [3.8, 4) is 0 Å². The number of rotatable bonds is 4. The molecular weight excluding hydrogens is 445 g/mol.